The van der Waals surface area contributed by atoms with Gasteiger partial charge in [-0.25, -0.2) is 0 Å². The standard InChI is InChI=1S/3C17H19I2N2O2.C17H33N2O6.C16H29N4O.C14H26N3O.CH4.3Au/c3*1-3-9-18-20-11-21(19-10-4-2)15-14(20)16(22)12-7-5-6-8-13(12)17(15)23;1-20-9-11-24-15-13-22-7-5-18-3-4-19(17-18)6-8-23-14-16-25-12-10-21-2;1-6-19(7-2)15(5)12-17-10-11-18(14-17)13-16(21)20(8-3)9-4;1-4-7-8-9-15-10-11-16(13-15)12-14(18)17(5-2)6-3;;;;/h3*5-8,11H,3-4,9-10H2,1-2H3;3-4,17H,5-16H2,1-2H3;10-11,14H,5-9,12-13H2,1-4H3;10-11,13H,4-9,12H2,1-3H3;1H4;;;/q3*-3;3*-1;;3*+3. The third-order valence-electron chi connectivity index (χ3n) is 20.8. The monoisotopic (exact) mass is 3120 g/mol. The number of fused-ring (bicyclic) bond motifs is 3. The third kappa shape index (κ3) is 39.8. The Kier molecular flexibility index (Phi) is 67.3. The maximum atomic E-state index is 13.0. The van der Waals surface area contributed by atoms with Crippen molar-refractivity contribution in [3.05, 3.63) is 255 Å². The van der Waals surface area contributed by atoms with Gasteiger partial charge in [0.25, 0.3) is 0 Å². The van der Waals surface area contributed by atoms with Crippen molar-refractivity contribution in [2.24, 2.45) is 0 Å². The summed E-state index contributed by atoms with van der Waals surface area (Å²) in [5.41, 5.74) is 1.21. The number of rotatable bonds is 53. The van der Waals surface area contributed by atoms with Gasteiger partial charge in [0.1, 0.15) is 0 Å². The number of aromatic nitrogens is 6. The van der Waals surface area contributed by atoms with Crippen LogP contribution in [0.5, 0.6) is 0 Å². The van der Waals surface area contributed by atoms with E-state index in [2.05, 4.69) is 136 Å². The second-order valence-electron chi connectivity index (χ2n) is 30.8. The number of likely N-dealkylation sites (N-methyl/N-ethyl adjacent to an activating group) is 3. The molecule has 0 saturated carbocycles. The van der Waals surface area contributed by atoms with E-state index in [1.807, 2.05) is 134 Å². The molecule has 3 aliphatic carbocycles. The minimum absolute atomic E-state index is 0. The molecule has 0 aromatic heterocycles. The molecule has 137 heavy (non-hydrogen) atoms. The summed E-state index contributed by atoms with van der Waals surface area (Å²) in [5.74, 6) is 0.349. The fourth-order valence-corrected chi connectivity index (χ4v) is 28.6. The van der Waals surface area contributed by atoms with E-state index in [0.717, 1.165) is 136 Å². The fraction of sp³-hybridized carbons (Fsp3) is 0.535. The minimum atomic E-state index is -0.282. The number of unbranched alkanes of at least 4 members (excludes halogenated alkanes) is 2. The number of nitrogens with zero attached hydrogens (tertiary/aromatic N) is 15. The van der Waals surface area contributed by atoms with E-state index >= 15 is 0 Å². The van der Waals surface area contributed by atoms with E-state index in [0.29, 0.717) is 144 Å². The van der Waals surface area contributed by atoms with Crippen LogP contribution in [0.2, 0.25) is 0 Å². The van der Waals surface area contributed by atoms with Crippen LogP contribution >= 0.6 is 0 Å². The van der Waals surface area contributed by atoms with Crippen molar-refractivity contribution in [1.29, 1.82) is 0 Å². The van der Waals surface area contributed by atoms with Gasteiger partial charge in [0.2, 0.25) is 11.8 Å². The zero-order chi connectivity index (χ0) is 96.4. The Morgan fingerprint density at radius 1 is 0.307 bits per heavy atom. The molecule has 0 unspecified atom stereocenters. The molecule has 2 amide bonds. The Morgan fingerprint density at radius 3 is 0.781 bits per heavy atom. The van der Waals surface area contributed by atoms with Crippen LogP contribution in [0.15, 0.2) is 170 Å². The van der Waals surface area contributed by atoms with Gasteiger partial charge in [-0.05, 0) is 91.7 Å². The van der Waals surface area contributed by atoms with Crippen LogP contribution in [0.1, 0.15) is 155 Å². The van der Waals surface area contributed by atoms with Crippen LogP contribution in [0.3, 0.4) is 0 Å². The molecule has 0 N–H and O–H groups in total. The summed E-state index contributed by atoms with van der Waals surface area (Å²) in [6.07, 6.45) is 28.6. The second-order valence-corrected chi connectivity index (χ2v) is 47.6. The number of halogens is 6. The minimum Gasteiger partial charge on any atom is -0.506 e. The molecule has 0 saturated heterocycles. The maximum Gasteiger partial charge on any atom is 3.00 e. The maximum absolute atomic E-state index is 13.0. The first-order chi connectivity index (χ1) is 64.7. The van der Waals surface area contributed by atoms with Crippen molar-refractivity contribution in [1.82, 2.24) is 60.8 Å². The molecule has 0 fully saturated rings. The first-order valence-electron chi connectivity index (χ1n) is 46.7. The van der Waals surface area contributed by atoms with Gasteiger partial charge in [0.05, 0.1) is 79.2 Å². The summed E-state index contributed by atoms with van der Waals surface area (Å²) in [6, 6.07) is 21.7. The number of carbonyl (C=O) groups is 2. The van der Waals surface area contributed by atoms with E-state index in [4.69, 9.17) is 28.4 Å². The molecule has 38 heteroatoms. The fourth-order valence-electron chi connectivity index (χ4n) is 13.9. The normalized spacial score (nSPS) is 12.5. The summed E-state index contributed by atoms with van der Waals surface area (Å²) in [5, 5.41) is 7.23. The van der Waals surface area contributed by atoms with Gasteiger partial charge in [-0.3, -0.25) is 9.59 Å². The molecule has 9 aliphatic rings. The molecule has 0 radical (unpaired) electrons. The molecule has 0 atom stereocenters. The van der Waals surface area contributed by atoms with Crippen LogP contribution < -0.4 is 161 Å². The average molecular weight is 3130 g/mol. The van der Waals surface area contributed by atoms with Gasteiger partial charge in [-0.15, -0.1) is 0 Å². The Balaban J connectivity index is 0.000000422. The van der Waals surface area contributed by atoms with Crippen LogP contribution in [0, 0.1) is 52.1 Å². The van der Waals surface area contributed by atoms with Crippen LogP contribution in [0.25, 0.3) is 32.3 Å². The smallest absolute Gasteiger partial charge is 0.506 e. The van der Waals surface area contributed by atoms with Crippen molar-refractivity contribution < 1.29 is 234 Å². The molecule has 782 valence electrons. The van der Waals surface area contributed by atoms with E-state index < -0.39 is 0 Å². The Hall–Kier alpha value is -3.83. The summed E-state index contributed by atoms with van der Waals surface area (Å²) in [6.45, 7) is 53.2. The number of amides is 2. The predicted octanol–water partition coefficient (Wildman–Crippen LogP) is -6.25. The Morgan fingerprint density at radius 2 is 0.533 bits per heavy atom. The molecule has 6 heterocycles. The molecule has 29 nitrogen and oxygen atoms in total. The molecule has 12 rings (SSSR count). The van der Waals surface area contributed by atoms with Crippen molar-refractivity contribution in [3.63, 3.8) is 0 Å². The molecule has 0 spiro atoms. The van der Waals surface area contributed by atoms with Crippen LogP contribution in [-0.2, 0) is 105 Å². The van der Waals surface area contributed by atoms with E-state index in [-0.39, 0.29) is 248 Å². The molecule has 3 aromatic carbocycles. The van der Waals surface area contributed by atoms with Crippen molar-refractivity contribution in [2.75, 3.05) is 185 Å². The quantitative estimate of drug-likeness (QED) is 0.0113. The van der Waals surface area contributed by atoms with E-state index in [1.54, 1.807) is 50.6 Å². The summed E-state index contributed by atoms with van der Waals surface area (Å²) in [4.78, 5) is 120. The van der Waals surface area contributed by atoms with E-state index in [1.165, 1.54) is 19.3 Å². The number of carbonyl (C=O) groups excluding carboxylic acids is 2. The molecular formula is C99H149Au3I6N15O14-3. The summed E-state index contributed by atoms with van der Waals surface area (Å²) < 4.78 is 50.9. The number of methoxy groups -OCH3 is 2. The molecular weight excluding hydrogens is 2980 g/mol. The summed E-state index contributed by atoms with van der Waals surface area (Å²) in [7, 11) is 3.32. The van der Waals surface area contributed by atoms with Gasteiger partial charge in [0.15, 0.2) is 0 Å². The predicted molar refractivity (Wildman–Crippen MR) is 515 cm³/mol. The van der Waals surface area contributed by atoms with Crippen molar-refractivity contribution in [2.45, 2.75) is 155 Å². The topological polar surface area (TPSA) is 251 Å². The first kappa shape index (κ1) is 127. The number of alkyl halides is 6. The SMILES string of the molecule is C.C=C(CN1C=CN(CC(=O)N(CC)CC)[CH-]1)N(CC)CC.CCCCCN1C=CN(CC(=O)N(CC)CC)[CH-]1.CCC[I-]n1[cH-]n([I-]CCC)c2c(=O)c3ccccc3c(=O)c1=2.CCC[I-]n1[cH-]n([I-]CCC)c2c(=O)c3ccccc3c(=O)c1=2.CCC[I-]n1[cH-]n([I-]CCC)c2c(=O)c3ccccc3c(=O)c1=2.COCCOCCOCCN1C=CN(CCOCCOCCOC)[CH-]1.[Au+3].[Au+3].[Au+3]. The zero-order valence-electron chi connectivity index (χ0n) is 81.8. The third-order valence-corrected chi connectivity index (χ3v) is 39.0. The molecule has 0 bridgehead atoms. The number of hydrogen-bond acceptors (Lipinski definition) is 21. The van der Waals surface area contributed by atoms with Gasteiger partial charge in [0, 0.05) is 78.8 Å². The van der Waals surface area contributed by atoms with Gasteiger partial charge < -0.3 is 72.5 Å². The van der Waals surface area contributed by atoms with Crippen LogP contribution in [0.4, 0.5) is 0 Å². The second kappa shape index (κ2) is 72.4. The van der Waals surface area contributed by atoms with Crippen LogP contribution in [-0.4, -0.2) is 258 Å². The van der Waals surface area contributed by atoms with E-state index in [9.17, 15) is 38.4 Å². The molecule has 3 aromatic rings. The average Bonchev–Trinajstić information content (AvgIpc) is 1.62. The summed E-state index contributed by atoms with van der Waals surface area (Å²) >= 11 is -1.69. The largest absolute Gasteiger partial charge is 3.00 e. The first-order valence-corrected chi connectivity index (χ1v) is 61.7. The van der Waals surface area contributed by atoms with Crippen molar-refractivity contribution >= 4 is 44.1 Å². The Labute approximate surface area is 923 Å². The zero-order valence-corrected chi connectivity index (χ0v) is 101. The van der Waals surface area contributed by atoms with Gasteiger partial charge in [-0.2, -0.15) is 20.0 Å². The number of benzene rings is 3. The van der Waals surface area contributed by atoms with Gasteiger partial charge >= 0.3 is 537 Å². The number of hydrogen-bond donors (Lipinski definition) is 0. The van der Waals surface area contributed by atoms with Crippen molar-refractivity contribution in [3.8, 4) is 0 Å². The number of ether oxygens (including phenoxy) is 6. The van der Waals surface area contributed by atoms with Gasteiger partial charge in [-0.1, -0.05) is 33.8 Å². The molecule has 6 aliphatic heterocycles. The Bertz CT molecular complexity index is 4970.